The molecule has 4 heterocycles. The second-order valence-electron chi connectivity index (χ2n) is 10.9. The number of halogens is 1. The lowest BCUT2D eigenvalue weighted by molar-refractivity contribution is -0.121. The lowest BCUT2D eigenvalue weighted by Gasteiger charge is -2.63. The van der Waals surface area contributed by atoms with Gasteiger partial charge in [-0.1, -0.05) is 11.6 Å². The molecule has 2 spiro atoms. The van der Waals surface area contributed by atoms with Gasteiger partial charge in [0.25, 0.3) is 0 Å². The fourth-order valence-electron chi connectivity index (χ4n) is 6.25. The van der Waals surface area contributed by atoms with Crippen molar-refractivity contribution >= 4 is 17.6 Å². The number of likely N-dealkylation sites (tertiary alicyclic amines) is 2. The van der Waals surface area contributed by atoms with E-state index in [9.17, 15) is 4.79 Å². The predicted molar refractivity (Wildman–Crippen MR) is 117 cm³/mol. The molecule has 2 saturated heterocycles. The average Bonchev–Trinajstić information content (AvgIpc) is 3.40. The van der Waals surface area contributed by atoms with Gasteiger partial charge in [0.2, 0.25) is 0 Å². The Labute approximate surface area is 191 Å². The SMILES string of the molecule is O=C(N1CC2(CC(Oc3ccc(Cl)nc3)C2)C1)N1CC2(CC(n3cnc(C4CC4)n3)C2)C1. The number of amides is 2. The molecule has 9 heteroatoms. The number of pyridine rings is 1. The molecule has 0 radical (unpaired) electrons. The molecular formula is C23H27ClN6O2. The van der Waals surface area contributed by atoms with E-state index in [0.717, 1.165) is 63.4 Å². The molecule has 0 bridgehead atoms. The quantitative estimate of drug-likeness (QED) is 0.661. The maximum Gasteiger partial charge on any atom is 0.320 e. The number of hydrogen-bond acceptors (Lipinski definition) is 5. The molecule has 5 fully saturated rings. The van der Waals surface area contributed by atoms with Crippen molar-refractivity contribution in [1.82, 2.24) is 29.5 Å². The molecule has 0 N–H and O–H groups in total. The normalized spacial score (nSPS) is 25.8. The van der Waals surface area contributed by atoms with Crippen molar-refractivity contribution in [2.75, 3.05) is 26.2 Å². The van der Waals surface area contributed by atoms with Crippen LogP contribution in [0.4, 0.5) is 4.79 Å². The van der Waals surface area contributed by atoms with Crippen molar-refractivity contribution in [2.24, 2.45) is 10.8 Å². The molecule has 5 aliphatic rings. The average molecular weight is 455 g/mol. The highest BCUT2D eigenvalue weighted by Gasteiger charge is 2.59. The van der Waals surface area contributed by atoms with Gasteiger partial charge >= 0.3 is 6.03 Å². The Kier molecular flexibility index (Phi) is 3.94. The summed E-state index contributed by atoms with van der Waals surface area (Å²) in [5.41, 5.74) is 0.577. The highest BCUT2D eigenvalue weighted by atomic mass is 35.5. The standard InChI is InChI=1S/C23H27ClN6O2/c24-19-4-3-17(9-25-19)32-18-7-23(8-18)12-29(13-23)21(31)28-10-22(11-28)5-16(6-22)30-14-26-20(27-30)15-1-2-15/h3-4,9,14-16,18H,1-2,5-8,10-13H2. The van der Waals surface area contributed by atoms with Gasteiger partial charge in [-0.05, 0) is 50.7 Å². The summed E-state index contributed by atoms with van der Waals surface area (Å²) in [6.45, 7) is 3.51. The topological polar surface area (TPSA) is 76.4 Å². The number of rotatable bonds is 4. The van der Waals surface area contributed by atoms with Gasteiger partial charge in [0.15, 0.2) is 5.82 Å². The summed E-state index contributed by atoms with van der Waals surface area (Å²) in [5.74, 6) is 2.39. The summed E-state index contributed by atoms with van der Waals surface area (Å²) in [7, 11) is 0. The van der Waals surface area contributed by atoms with E-state index in [1.54, 1.807) is 12.3 Å². The third-order valence-corrected chi connectivity index (χ3v) is 8.37. The van der Waals surface area contributed by atoms with Gasteiger partial charge in [0.1, 0.15) is 23.3 Å². The van der Waals surface area contributed by atoms with E-state index in [2.05, 4.69) is 19.7 Å². The van der Waals surface area contributed by atoms with Crippen LogP contribution in [0.5, 0.6) is 5.75 Å². The molecule has 32 heavy (non-hydrogen) atoms. The predicted octanol–water partition coefficient (Wildman–Crippen LogP) is 3.50. The van der Waals surface area contributed by atoms with Gasteiger partial charge in [-0.2, -0.15) is 5.10 Å². The molecule has 2 amide bonds. The second kappa shape index (κ2) is 6.59. The van der Waals surface area contributed by atoms with Crippen molar-refractivity contribution < 1.29 is 9.53 Å². The van der Waals surface area contributed by atoms with E-state index in [0.29, 0.717) is 22.5 Å². The molecule has 3 aliphatic carbocycles. The number of ether oxygens (including phenoxy) is 1. The van der Waals surface area contributed by atoms with Gasteiger partial charge in [-0.15, -0.1) is 0 Å². The van der Waals surface area contributed by atoms with E-state index >= 15 is 0 Å². The van der Waals surface area contributed by atoms with Crippen molar-refractivity contribution in [2.45, 2.75) is 56.6 Å². The van der Waals surface area contributed by atoms with E-state index in [-0.39, 0.29) is 17.6 Å². The number of carbonyl (C=O) groups is 1. The number of urea groups is 1. The molecule has 8 nitrogen and oxygen atoms in total. The number of hydrogen-bond donors (Lipinski definition) is 0. The summed E-state index contributed by atoms with van der Waals surface area (Å²) >= 11 is 5.83. The molecule has 0 unspecified atom stereocenters. The lowest BCUT2D eigenvalue weighted by Crippen LogP contribution is -2.71. The Morgan fingerprint density at radius 1 is 1.00 bits per heavy atom. The van der Waals surface area contributed by atoms with Gasteiger partial charge in [0.05, 0.1) is 12.2 Å². The van der Waals surface area contributed by atoms with E-state index in [4.69, 9.17) is 16.3 Å². The van der Waals surface area contributed by atoms with Crippen LogP contribution in [0, 0.1) is 10.8 Å². The first-order valence-electron chi connectivity index (χ1n) is 11.7. The first-order valence-corrected chi connectivity index (χ1v) is 12.1. The molecule has 2 aliphatic heterocycles. The zero-order valence-electron chi connectivity index (χ0n) is 18.0. The fraction of sp³-hybridized carbons (Fsp3) is 0.652. The Morgan fingerprint density at radius 3 is 2.31 bits per heavy atom. The highest BCUT2D eigenvalue weighted by molar-refractivity contribution is 6.29. The van der Waals surface area contributed by atoms with E-state index in [1.807, 2.05) is 22.2 Å². The number of carbonyl (C=O) groups excluding carboxylic acids is 1. The van der Waals surface area contributed by atoms with Crippen LogP contribution in [0.15, 0.2) is 24.7 Å². The number of nitrogens with zero attached hydrogens (tertiary/aromatic N) is 6. The van der Waals surface area contributed by atoms with Crippen LogP contribution in [-0.2, 0) is 0 Å². The van der Waals surface area contributed by atoms with Crippen LogP contribution in [0.3, 0.4) is 0 Å². The minimum Gasteiger partial charge on any atom is -0.489 e. The van der Waals surface area contributed by atoms with Gasteiger partial charge < -0.3 is 14.5 Å². The van der Waals surface area contributed by atoms with Crippen LogP contribution < -0.4 is 4.74 Å². The molecule has 2 aromatic rings. The van der Waals surface area contributed by atoms with Crippen LogP contribution in [-0.4, -0.2) is 67.9 Å². The number of aromatic nitrogens is 4. The van der Waals surface area contributed by atoms with Crippen molar-refractivity contribution in [3.63, 3.8) is 0 Å². The highest BCUT2D eigenvalue weighted by Crippen LogP contribution is 2.55. The Hall–Kier alpha value is -2.35. The maximum absolute atomic E-state index is 12.9. The minimum atomic E-state index is 0.214. The van der Waals surface area contributed by atoms with Gasteiger partial charge in [-0.25, -0.2) is 19.4 Å². The second-order valence-corrected chi connectivity index (χ2v) is 11.3. The molecule has 3 saturated carbocycles. The summed E-state index contributed by atoms with van der Waals surface area (Å²) in [6.07, 6.45) is 10.5. The van der Waals surface area contributed by atoms with Gasteiger partial charge in [0, 0.05) is 42.9 Å². The molecular weight excluding hydrogens is 428 g/mol. The molecule has 0 atom stereocenters. The van der Waals surface area contributed by atoms with Crippen molar-refractivity contribution in [3.05, 3.63) is 35.6 Å². The lowest BCUT2D eigenvalue weighted by atomic mass is 9.60. The zero-order valence-corrected chi connectivity index (χ0v) is 18.7. The Balaban J connectivity index is 0.852. The molecule has 7 rings (SSSR count). The van der Waals surface area contributed by atoms with E-state index in [1.165, 1.54) is 12.8 Å². The van der Waals surface area contributed by atoms with Crippen LogP contribution in [0.2, 0.25) is 5.15 Å². The summed E-state index contributed by atoms with van der Waals surface area (Å²) in [6, 6.07) is 4.28. The van der Waals surface area contributed by atoms with Crippen LogP contribution >= 0.6 is 11.6 Å². The fourth-order valence-corrected chi connectivity index (χ4v) is 6.36. The first-order chi connectivity index (χ1) is 15.5. The van der Waals surface area contributed by atoms with Crippen molar-refractivity contribution in [1.29, 1.82) is 0 Å². The van der Waals surface area contributed by atoms with Crippen LogP contribution in [0.25, 0.3) is 0 Å². The first kappa shape index (κ1) is 19.1. The smallest absolute Gasteiger partial charge is 0.320 e. The molecule has 168 valence electrons. The molecule has 0 aromatic carbocycles. The van der Waals surface area contributed by atoms with E-state index < -0.39 is 0 Å². The third-order valence-electron chi connectivity index (χ3n) is 8.15. The Bertz CT molecular complexity index is 1040. The van der Waals surface area contributed by atoms with Crippen molar-refractivity contribution in [3.8, 4) is 5.75 Å². The summed E-state index contributed by atoms with van der Waals surface area (Å²) < 4.78 is 8.05. The molecule has 2 aromatic heterocycles. The summed E-state index contributed by atoms with van der Waals surface area (Å²) in [4.78, 5) is 25.5. The Morgan fingerprint density at radius 2 is 1.69 bits per heavy atom. The third kappa shape index (κ3) is 3.10. The maximum atomic E-state index is 12.9. The zero-order chi connectivity index (χ0) is 21.5. The van der Waals surface area contributed by atoms with Gasteiger partial charge in [-0.3, -0.25) is 0 Å². The van der Waals surface area contributed by atoms with Crippen LogP contribution in [0.1, 0.15) is 56.3 Å². The minimum absolute atomic E-state index is 0.214. The monoisotopic (exact) mass is 454 g/mol. The summed E-state index contributed by atoms with van der Waals surface area (Å²) in [5, 5.41) is 5.16. The largest absolute Gasteiger partial charge is 0.489 e.